The molecule has 8 nitrogen and oxygen atoms in total. The predicted octanol–water partition coefficient (Wildman–Crippen LogP) is 4.85. The van der Waals surface area contributed by atoms with Gasteiger partial charge < -0.3 is 15.1 Å². The van der Waals surface area contributed by atoms with E-state index >= 15 is 0 Å². The molecule has 4 heterocycles. The number of carbonyl (C=O) groups is 1. The van der Waals surface area contributed by atoms with Crippen molar-refractivity contribution in [1.29, 1.82) is 0 Å². The first-order valence-corrected chi connectivity index (χ1v) is 12.8. The molecular weight excluding hydrogens is 446 g/mol. The molecule has 3 aromatic heterocycles. The molecule has 0 spiro atoms. The predicted molar refractivity (Wildman–Crippen MR) is 139 cm³/mol. The van der Waals surface area contributed by atoms with Crippen molar-refractivity contribution in [2.75, 3.05) is 36.4 Å². The second-order valence-electron chi connectivity index (χ2n) is 9.03. The standard InChI is InChI=1S/C25H31N7OS/c1-5-16(2)32-23-21(15-26-32)28-25(31-11-9-30(10-12-31)18(4)33)29-24(23)27-17(3)19-6-7-22-20(14-19)8-13-34-22/h6-8,13-17H,5,9-12H2,1-4H3,(H,27,28,29). The second kappa shape index (κ2) is 9.21. The van der Waals surface area contributed by atoms with Gasteiger partial charge in [-0.25, -0.2) is 4.98 Å². The lowest BCUT2D eigenvalue weighted by molar-refractivity contribution is -0.129. The minimum Gasteiger partial charge on any atom is -0.362 e. The molecule has 5 rings (SSSR count). The number of amides is 1. The zero-order valence-electron chi connectivity index (χ0n) is 20.2. The molecule has 1 N–H and O–H groups in total. The van der Waals surface area contributed by atoms with E-state index in [0.29, 0.717) is 32.1 Å². The first-order chi connectivity index (χ1) is 16.4. The molecule has 1 aromatic carbocycles. The summed E-state index contributed by atoms with van der Waals surface area (Å²) in [5.41, 5.74) is 2.98. The van der Waals surface area contributed by atoms with Gasteiger partial charge >= 0.3 is 0 Å². The van der Waals surface area contributed by atoms with E-state index in [4.69, 9.17) is 9.97 Å². The van der Waals surface area contributed by atoms with Crippen molar-refractivity contribution in [3.8, 4) is 0 Å². The van der Waals surface area contributed by atoms with Gasteiger partial charge in [-0.05, 0) is 54.8 Å². The Morgan fingerprint density at radius 1 is 1.15 bits per heavy atom. The minimum atomic E-state index is 0.0603. The molecule has 4 aromatic rings. The highest BCUT2D eigenvalue weighted by Gasteiger charge is 2.24. The average Bonchev–Trinajstić information content (AvgIpc) is 3.50. The van der Waals surface area contributed by atoms with E-state index in [1.165, 1.54) is 15.6 Å². The average molecular weight is 478 g/mol. The van der Waals surface area contributed by atoms with Crippen LogP contribution in [-0.2, 0) is 4.79 Å². The quantitative estimate of drug-likeness (QED) is 0.428. The van der Waals surface area contributed by atoms with Crippen LogP contribution >= 0.6 is 11.3 Å². The van der Waals surface area contributed by atoms with E-state index < -0.39 is 0 Å². The monoisotopic (exact) mass is 477 g/mol. The van der Waals surface area contributed by atoms with Crippen LogP contribution in [0.3, 0.4) is 0 Å². The van der Waals surface area contributed by atoms with E-state index in [1.807, 2.05) is 15.8 Å². The second-order valence-corrected chi connectivity index (χ2v) is 9.98. The third-order valence-corrected chi connectivity index (χ3v) is 7.68. The Labute approximate surface area is 203 Å². The van der Waals surface area contributed by atoms with Gasteiger partial charge in [0.1, 0.15) is 11.0 Å². The number of nitrogens with zero attached hydrogens (tertiary/aromatic N) is 6. The summed E-state index contributed by atoms with van der Waals surface area (Å²) in [5.74, 6) is 1.59. The molecular formula is C25H31N7OS. The van der Waals surface area contributed by atoms with Crippen molar-refractivity contribution in [2.24, 2.45) is 0 Å². The van der Waals surface area contributed by atoms with Crippen LogP contribution in [0.4, 0.5) is 11.8 Å². The molecule has 0 radical (unpaired) electrons. The Morgan fingerprint density at radius 3 is 2.68 bits per heavy atom. The minimum absolute atomic E-state index is 0.0603. The fraction of sp³-hybridized carbons (Fsp3) is 0.440. The number of nitrogens with one attached hydrogen (secondary N) is 1. The lowest BCUT2D eigenvalue weighted by Crippen LogP contribution is -2.48. The third kappa shape index (κ3) is 4.20. The lowest BCUT2D eigenvalue weighted by atomic mass is 10.1. The molecule has 178 valence electrons. The molecule has 1 amide bonds. The molecule has 2 unspecified atom stereocenters. The Hall–Kier alpha value is -3.20. The molecule has 1 aliphatic heterocycles. The van der Waals surface area contributed by atoms with Crippen LogP contribution in [0.15, 0.2) is 35.8 Å². The Morgan fingerprint density at radius 2 is 1.94 bits per heavy atom. The van der Waals surface area contributed by atoms with E-state index in [2.05, 4.69) is 65.7 Å². The van der Waals surface area contributed by atoms with Crippen molar-refractivity contribution in [1.82, 2.24) is 24.6 Å². The zero-order valence-corrected chi connectivity index (χ0v) is 21.0. The molecule has 0 bridgehead atoms. The lowest BCUT2D eigenvalue weighted by Gasteiger charge is -2.34. The van der Waals surface area contributed by atoms with E-state index in [0.717, 1.165) is 23.3 Å². The van der Waals surface area contributed by atoms with Crippen molar-refractivity contribution in [3.05, 3.63) is 41.4 Å². The largest absolute Gasteiger partial charge is 0.362 e. The van der Waals surface area contributed by atoms with Crippen molar-refractivity contribution < 1.29 is 4.79 Å². The summed E-state index contributed by atoms with van der Waals surface area (Å²) in [6.45, 7) is 10.9. The van der Waals surface area contributed by atoms with Gasteiger partial charge in [-0.1, -0.05) is 13.0 Å². The Bertz CT molecular complexity index is 1320. The Balaban J connectivity index is 1.51. The fourth-order valence-electron chi connectivity index (χ4n) is 4.46. The van der Waals surface area contributed by atoms with Crippen LogP contribution in [0, 0.1) is 0 Å². The molecule has 1 saturated heterocycles. The van der Waals surface area contributed by atoms with E-state index in [9.17, 15) is 4.79 Å². The van der Waals surface area contributed by atoms with Crippen LogP contribution in [0.5, 0.6) is 0 Å². The van der Waals surface area contributed by atoms with Crippen LogP contribution in [-0.4, -0.2) is 56.7 Å². The van der Waals surface area contributed by atoms with Crippen molar-refractivity contribution >= 4 is 50.1 Å². The molecule has 0 saturated carbocycles. The highest BCUT2D eigenvalue weighted by molar-refractivity contribution is 7.17. The Kier molecular flexibility index (Phi) is 6.12. The van der Waals surface area contributed by atoms with Gasteiger partial charge in [0, 0.05) is 43.8 Å². The summed E-state index contributed by atoms with van der Waals surface area (Å²) < 4.78 is 3.33. The third-order valence-electron chi connectivity index (χ3n) is 6.78. The maximum Gasteiger partial charge on any atom is 0.228 e. The first-order valence-electron chi connectivity index (χ1n) is 11.9. The fourth-order valence-corrected chi connectivity index (χ4v) is 5.23. The number of hydrogen-bond acceptors (Lipinski definition) is 7. The zero-order chi connectivity index (χ0) is 23.8. The smallest absolute Gasteiger partial charge is 0.228 e. The van der Waals surface area contributed by atoms with Crippen molar-refractivity contribution in [3.63, 3.8) is 0 Å². The number of carbonyl (C=O) groups excluding carboxylic acids is 1. The summed E-state index contributed by atoms with van der Waals surface area (Å²) in [7, 11) is 0. The highest BCUT2D eigenvalue weighted by Crippen LogP contribution is 2.31. The van der Waals surface area contributed by atoms with Crippen LogP contribution in [0.1, 0.15) is 51.8 Å². The molecule has 9 heteroatoms. The number of hydrogen-bond donors (Lipinski definition) is 1. The van der Waals surface area contributed by atoms with Gasteiger partial charge in [0.25, 0.3) is 0 Å². The number of thiophene rings is 1. The molecule has 1 aliphatic rings. The number of aromatic nitrogens is 4. The topological polar surface area (TPSA) is 79.2 Å². The maximum atomic E-state index is 11.7. The summed E-state index contributed by atoms with van der Waals surface area (Å²) in [6.07, 6.45) is 2.81. The van der Waals surface area contributed by atoms with Gasteiger partial charge in [0.05, 0.1) is 12.2 Å². The SMILES string of the molecule is CCC(C)n1ncc2nc(N3CCN(C(C)=O)CC3)nc(NC(C)c3ccc4sccc4c3)c21. The molecule has 1 fully saturated rings. The number of fused-ring (bicyclic) bond motifs is 2. The normalized spacial score (nSPS) is 16.2. The van der Waals surface area contributed by atoms with Crippen LogP contribution in [0.25, 0.3) is 21.1 Å². The molecule has 2 atom stereocenters. The summed E-state index contributed by atoms with van der Waals surface area (Å²) in [4.78, 5) is 25.6. The number of anilines is 2. The van der Waals surface area contributed by atoms with Crippen molar-refractivity contribution in [2.45, 2.75) is 46.2 Å². The van der Waals surface area contributed by atoms with Gasteiger partial charge in [0.15, 0.2) is 5.82 Å². The van der Waals surface area contributed by atoms with Crippen LogP contribution in [0.2, 0.25) is 0 Å². The van der Waals surface area contributed by atoms with Gasteiger partial charge in [0.2, 0.25) is 11.9 Å². The van der Waals surface area contributed by atoms with Crippen LogP contribution < -0.4 is 10.2 Å². The highest BCUT2D eigenvalue weighted by atomic mass is 32.1. The van der Waals surface area contributed by atoms with Gasteiger partial charge in [-0.2, -0.15) is 10.1 Å². The summed E-state index contributed by atoms with van der Waals surface area (Å²) in [6, 6.07) is 9.08. The summed E-state index contributed by atoms with van der Waals surface area (Å²) in [5, 5.41) is 11.7. The number of benzene rings is 1. The molecule has 34 heavy (non-hydrogen) atoms. The first kappa shape index (κ1) is 22.6. The number of rotatable bonds is 6. The number of piperazine rings is 1. The maximum absolute atomic E-state index is 11.7. The van der Waals surface area contributed by atoms with Gasteiger partial charge in [-0.3, -0.25) is 9.48 Å². The van der Waals surface area contributed by atoms with Gasteiger partial charge in [-0.15, -0.1) is 11.3 Å². The molecule has 0 aliphatic carbocycles. The summed E-state index contributed by atoms with van der Waals surface area (Å²) >= 11 is 1.76. The van der Waals surface area contributed by atoms with E-state index in [1.54, 1.807) is 18.3 Å². The van der Waals surface area contributed by atoms with E-state index in [-0.39, 0.29) is 18.0 Å².